The zero-order valence-corrected chi connectivity index (χ0v) is 12.6. The Labute approximate surface area is 124 Å². The molecule has 116 valence electrons. The van der Waals surface area contributed by atoms with Crippen molar-refractivity contribution in [3.05, 3.63) is 29.6 Å². The summed E-state index contributed by atoms with van der Waals surface area (Å²) in [4.78, 5) is 13.9. The fourth-order valence-electron chi connectivity index (χ4n) is 2.55. The average Bonchev–Trinajstić information content (AvgIpc) is 2.52. The molecule has 2 rings (SSSR count). The molecule has 0 aromatic heterocycles. The fourth-order valence-corrected chi connectivity index (χ4v) is 2.55. The van der Waals surface area contributed by atoms with Gasteiger partial charge in [0.15, 0.2) is 0 Å². The summed E-state index contributed by atoms with van der Waals surface area (Å²) in [6.07, 6.45) is 4.29. The maximum atomic E-state index is 13.9. The van der Waals surface area contributed by atoms with E-state index in [0.717, 1.165) is 25.9 Å². The van der Waals surface area contributed by atoms with Gasteiger partial charge in [-0.2, -0.15) is 0 Å². The summed E-state index contributed by atoms with van der Waals surface area (Å²) < 4.78 is 24.6. The van der Waals surface area contributed by atoms with Crippen LogP contribution in [0.1, 0.15) is 36.0 Å². The van der Waals surface area contributed by atoms with Crippen molar-refractivity contribution in [2.24, 2.45) is 0 Å². The van der Waals surface area contributed by atoms with E-state index in [-0.39, 0.29) is 23.3 Å². The Morgan fingerprint density at radius 2 is 2.29 bits per heavy atom. The summed E-state index contributed by atoms with van der Waals surface area (Å²) in [5.41, 5.74) is -0.00735. The molecule has 21 heavy (non-hydrogen) atoms. The molecule has 0 N–H and O–H groups in total. The summed E-state index contributed by atoms with van der Waals surface area (Å²) in [7, 11) is 3.11. The van der Waals surface area contributed by atoms with Crippen molar-refractivity contribution in [2.75, 3.05) is 27.3 Å². The number of amides is 1. The highest BCUT2D eigenvalue weighted by atomic mass is 19.1. The van der Waals surface area contributed by atoms with Crippen molar-refractivity contribution >= 4 is 5.91 Å². The predicted molar refractivity (Wildman–Crippen MR) is 78.1 cm³/mol. The number of rotatable bonds is 5. The van der Waals surface area contributed by atoms with Gasteiger partial charge < -0.3 is 14.4 Å². The Morgan fingerprint density at radius 1 is 1.48 bits per heavy atom. The van der Waals surface area contributed by atoms with E-state index in [1.807, 2.05) is 0 Å². The van der Waals surface area contributed by atoms with E-state index in [1.54, 1.807) is 13.1 Å². The lowest BCUT2D eigenvalue weighted by atomic mass is 10.1. The van der Waals surface area contributed by atoms with E-state index in [4.69, 9.17) is 9.47 Å². The molecule has 0 saturated carbocycles. The Bertz CT molecular complexity index is 486. The van der Waals surface area contributed by atoms with Gasteiger partial charge in [-0.05, 0) is 37.8 Å². The summed E-state index contributed by atoms with van der Waals surface area (Å²) in [6, 6.07) is 4.39. The molecular weight excluding hydrogens is 273 g/mol. The van der Waals surface area contributed by atoms with E-state index < -0.39 is 5.82 Å². The van der Waals surface area contributed by atoms with Gasteiger partial charge in [0, 0.05) is 20.2 Å². The summed E-state index contributed by atoms with van der Waals surface area (Å²) in [5.74, 6) is -0.651. The minimum Gasteiger partial charge on any atom is -0.496 e. The van der Waals surface area contributed by atoms with Gasteiger partial charge in [0.2, 0.25) is 0 Å². The number of nitrogens with zero attached hydrogens (tertiary/aromatic N) is 1. The summed E-state index contributed by atoms with van der Waals surface area (Å²) in [6.45, 7) is 1.34. The molecule has 0 radical (unpaired) electrons. The van der Waals surface area contributed by atoms with E-state index in [9.17, 15) is 9.18 Å². The van der Waals surface area contributed by atoms with Crippen molar-refractivity contribution in [1.29, 1.82) is 0 Å². The molecule has 4 nitrogen and oxygen atoms in total. The number of halogens is 1. The SMILES string of the molecule is COc1cccc(F)c1C(=O)N(C)CCC1CCCCO1. The normalized spacial score (nSPS) is 18.3. The van der Waals surface area contributed by atoms with Gasteiger partial charge in [0.25, 0.3) is 5.91 Å². The molecule has 1 saturated heterocycles. The largest absolute Gasteiger partial charge is 0.496 e. The molecule has 1 aromatic rings. The van der Waals surface area contributed by atoms with Crippen molar-refractivity contribution in [2.45, 2.75) is 31.8 Å². The molecule has 0 bridgehead atoms. The third kappa shape index (κ3) is 3.94. The molecule has 0 aliphatic carbocycles. The first-order valence-electron chi connectivity index (χ1n) is 7.33. The molecule has 1 aliphatic rings. The van der Waals surface area contributed by atoms with Crippen molar-refractivity contribution in [1.82, 2.24) is 4.90 Å². The Hall–Kier alpha value is -1.62. The zero-order chi connectivity index (χ0) is 15.2. The van der Waals surface area contributed by atoms with Crippen LogP contribution in [0.3, 0.4) is 0 Å². The van der Waals surface area contributed by atoms with Gasteiger partial charge in [-0.3, -0.25) is 4.79 Å². The van der Waals surface area contributed by atoms with Gasteiger partial charge >= 0.3 is 0 Å². The number of carbonyl (C=O) groups excluding carboxylic acids is 1. The molecule has 1 unspecified atom stereocenters. The van der Waals surface area contributed by atoms with Gasteiger partial charge in [-0.25, -0.2) is 4.39 Å². The van der Waals surface area contributed by atoms with Crippen LogP contribution in [0.25, 0.3) is 0 Å². The molecule has 1 aromatic carbocycles. The van der Waals surface area contributed by atoms with Crippen molar-refractivity contribution in [3.8, 4) is 5.75 Å². The predicted octanol–water partition coefficient (Wildman–Crippen LogP) is 2.87. The second kappa shape index (κ2) is 7.41. The standard InChI is InChI=1S/C16H22FNO3/c1-18(10-9-12-6-3-4-11-21-12)16(19)15-13(17)7-5-8-14(15)20-2/h5,7-8,12H,3-4,6,9-11H2,1-2H3. The molecule has 1 fully saturated rings. The van der Waals surface area contributed by atoms with Gasteiger partial charge in [0.05, 0.1) is 13.2 Å². The number of ether oxygens (including phenoxy) is 2. The van der Waals surface area contributed by atoms with E-state index in [0.29, 0.717) is 6.54 Å². The van der Waals surface area contributed by atoms with Crippen LogP contribution >= 0.6 is 0 Å². The third-order valence-electron chi connectivity index (χ3n) is 3.82. The number of hydrogen-bond donors (Lipinski definition) is 0. The van der Waals surface area contributed by atoms with Gasteiger partial charge in [-0.15, -0.1) is 0 Å². The first kappa shape index (κ1) is 15.8. The first-order chi connectivity index (χ1) is 10.1. The quantitative estimate of drug-likeness (QED) is 0.838. The van der Waals surface area contributed by atoms with E-state index >= 15 is 0 Å². The minimum absolute atomic E-state index is 0.00735. The Morgan fingerprint density at radius 3 is 2.95 bits per heavy atom. The molecule has 1 aliphatic heterocycles. The Kier molecular flexibility index (Phi) is 5.56. The summed E-state index contributed by atoms with van der Waals surface area (Å²) >= 11 is 0. The third-order valence-corrected chi connectivity index (χ3v) is 3.82. The van der Waals surface area contributed by atoms with Crippen molar-refractivity contribution < 1.29 is 18.7 Å². The maximum absolute atomic E-state index is 13.9. The van der Waals surface area contributed by atoms with E-state index in [2.05, 4.69) is 0 Å². The molecular formula is C16H22FNO3. The van der Waals surface area contributed by atoms with Crippen LogP contribution in [0.5, 0.6) is 5.75 Å². The van der Waals surface area contributed by atoms with Crippen LogP contribution < -0.4 is 4.74 Å². The molecule has 1 atom stereocenters. The lowest BCUT2D eigenvalue weighted by Crippen LogP contribution is -2.32. The number of methoxy groups -OCH3 is 1. The van der Waals surface area contributed by atoms with Crippen LogP contribution in [0, 0.1) is 5.82 Å². The Balaban J connectivity index is 1.98. The topological polar surface area (TPSA) is 38.8 Å². The van der Waals surface area contributed by atoms with Crippen LogP contribution in [0.2, 0.25) is 0 Å². The minimum atomic E-state index is -0.555. The highest BCUT2D eigenvalue weighted by Gasteiger charge is 2.22. The summed E-state index contributed by atoms with van der Waals surface area (Å²) in [5, 5.41) is 0. The van der Waals surface area contributed by atoms with Crippen LogP contribution in [0.4, 0.5) is 4.39 Å². The monoisotopic (exact) mass is 295 g/mol. The lowest BCUT2D eigenvalue weighted by molar-refractivity contribution is 0.00705. The highest BCUT2D eigenvalue weighted by molar-refractivity contribution is 5.97. The second-order valence-electron chi connectivity index (χ2n) is 5.32. The molecule has 0 spiro atoms. The van der Waals surface area contributed by atoms with Crippen LogP contribution in [-0.4, -0.2) is 44.2 Å². The maximum Gasteiger partial charge on any atom is 0.260 e. The number of benzene rings is 1. The lowest BCUT2D eigenvalue weighted by Gasteiger charge is -2.25. The zero-order valence-electron chi connectivity index (χ0n) is 12.6. The number of hydrogen-bond acceptors (Lipinski definition) is 3. The van der Waals surface area contributed by atoms with Gasteiger partial charge in [0.1, 0.15) is 17.1 Å². The smallest absolute Gasteiger partial charge is 0.260 e. The van der Waals surface area contributed by atoms with Crippen LogP contribution in [-0.2, 0) is 4.74 Å². The number of carbonyl (C=O) groups is 1. The van der Waals surface area contributed by atoms with E-state index in [1.165, 1.54) is 30.6 Å². The fraction of sp³-hybridized carbons (Fsp3) is 0.562. The molecule has 1 heterocycles. The molecule has 1 amide bonds. The van der Waals surface area contributed by atoms with Crippen LogP contribution in [0.15, 0.2) is 18.2 Å². The molecule has 5 heteroatoms. The average molecular weight is 295 g/mol. The first-order valence-corrected chi connectivity index (χ1v) is 7.33. The van der Waals surface area contributed by atoms with Crippen molar-refractivity contribution in [3.63, 3.8) is 0 Å². The highest BCUT2D eigenvalue weighted by Crippen LogP contribution is 2.23. The second-order valence-corrected chi connectivity index (χ2v) is 5.32. The van der Waals surface area contributed by atoms with Gasteiger partial charge in [-0.1, -0.05) is 6.07 Å².